The molecule has 0 bridgehead atoms. The van der Waals surface area contributed by atoms with Crippen molar-refractivity contribution in [2.45, 2.75) is 64.3 Å². The topological polar surface area (TPSA) is 156 Å². The molecule has 0 unspecified atom stereocenters. The molecule has 12 heteroatoms. The number of rotatable bonds is 7. The van der Waals surface area contributed by atoms with Crippen LogP contribution < -0.4 is 16.2 Å². The Hall–Kier alpha value is -3.22. The van der Waals surface area contributed by atoms with Gasteiger partial charge in [0.15, 0.2) is 5.78 Å². The average Bonchev–Trinajstić information content (AvgIpc) is 3.44. The Morgan fingerprint density at radius 3 is 2.38 bits per heavy atom. The number of aliphatic hydroxyl groups excluding tert-OH is 1. The number of hydrogen-bond donors (Lipinski definition) is 3. The number of carbonyl (C=O) groups excluding carboxylic acids is 1. The molecule has 11 nitrogen and oxygen atoms in total. The molecule has 2 aliphatic rings. The van der Waals surface area contributed by atoms with E-state index in [1.54, 1.807) is 17.7 Å². The molecule has 1 aliphatic carbocycles. The quantitative estimate of drug-likeness (QED) is 0.361. The van der Waals surface area contributed by atoms with Gasteiger partial charge in [0, 0.05) is 30.1 Å². The minimum Gasteiger partial charge on any atom is -0.395 e. The van der Waals surface area contributed by atoms with Crippen molar-refractivity contribution >= 4 is 38.4 Å². The zero-order chi connectivity index (χ0) is 28.9. The van der Waals surface area contributed by atoms with Crippen molar-refractivity contribution in [2.75, 3.05) is 37.0 Å². The molecule has 40 heavy (non-hydrogen) atoms. The number of ketones is 1. The summed E-state index contributed by atoms with van der Waals surface area (Å²) in [7, 11) is -2.92. The lowest BCUT2D eigenvalue weighted by Gasteiger charge is -2.22. The van der Waals surface area contributed by atoms with E-state index in [1.165, 1.54) is 12.5 Å². The summed E-state index contributed by atoms with van der Waals surface area (Å²) < 4.78 is 21.9. The van der Waals surface area contributed by atoms with Crippen LogP contribution in [-0.2, 0) is 9.84 Å². The summed E-state index contributed by atoms with van der Waals surface area (Å²) in [4.78, 5) is 39.4. The van der Waals surface area contributed by atoms with Gasteiger partial charge in [-0.3, -0.25) is 14.2 Å². The van der Waals surface area contributed by atoms with Crippen LogP contribution in [0.15, 0.2) is 29.3 Å². The Bertz CT molecular complexity index is 1510. The highest BCUT2D eigenvalue weighted by molar-refractivity contribution is 7.90. The molecule has 0 atom stereocenters. The van der Waals surface area contributed by atoms with E-state index in [1.807, 2.05) is 12.3 Å². The van der Waals surface area contributed by atoms with Gasteiger partial charge in [0.25, 0.3) is 5.56 Å². The number of aryl methyl sites for hydroxylation is 1. The fourth-order valence-corrected chi connectivity index (χ4v) is 5.80. The molecule has 1 aliphatic heterocycles. The SMILES string of the molecule is CC(=O)c1c(C)c2cnc(Nc3ccc(C4CCNCC4)cn3)nc2n(C2CCCC2)c1=O.CS(=O)(=O)CCO. The molecule has 3 aromatic rings. The summed E-state index contributed by atoms with van der Waals surface area (Å²) in [6.45, 7) is 5.06. The Morgan fingerprint density at radius 1 is 1.12 bits per heavy atom. The lowest BCUT2D eigenvalue weighted by Crippen LogP contribution is -2.30. The minimum absolute atomic E-state index is 0.0591. The number of pyridine rings is 2. The molecule has 1 saturated heterocycles. The van der Waals surface area contributed by atoms with Crippen LogP contribution in [0.3, 0.4) is 0 Å². The standard InChI is InChI=1S/C25H30N6O2.C3H8O3S/c1-15-20-14-28-25(29-21-8-7-18(13-27-21)17-9-11-26-12-10-17)30-23(20)31(19-5-3-4-6-19)24(33)22(15)16(2)32;1-7(5,6)3-2-4/h7-8,13-14,17,19,26H,3-6,9-12H2,1-2H3,(H,27,28,29,30);4H,2-3H2,1H3. The van der Waals surface area contributed by atoms with Crippen LogP contribution in [0.5, 0.6) is 0 Å². The van der Waals surface area contributed by atoms with Gasteiger partial charge in [0.2, 0.25) is 5.95 Å². The summed E-state index contributed by atoms with van der Waals surface area (Å²) in [6.07, 6.45) is 11.0. The molecule has 3 aromatic heterocycles. The molecule has 3 N–H and O–H groups in total. The smallest absolute Gasteiger partial charge is 0.263 e. The van der Waals surface area contributed by atoms with E-state index in [9.17, 15) is 18.0 Å². The van der Waals surface area contributed by atoms with E-state index in [2.05, 4.69) is 26.7 Å². The first-order valence-corrected chi connectivity index (χ1v) is 15.8. The number of nitrogens with one attached hydrogen (secondary N) is 2. The highest BCUT2D eigenvalue weighted by atomic mass is 32.2. The molecule has 1 saturated carbocycles. The predicted octanol–water partition coefficient (Wildman–Crippen LogP) is 3.05. The maximum absolute atomic E-state index is 13.3. The Balaban J connectivity index is 0.000000470. The highest BCUT2D eigenvalue weighted by Gasteiger charge is 2.26. The van der Waals surface area contributed by atoms with Crippen LogP contribution in [0.2, 0.25) is 0 Å². The van der Waals surface area contributed by atoms with Crippen LogP contribution in [0, 0.1) is 6.92 Å². The summed E-state index contributed by atoms with van der Waals surface area (Å²) in [5.74, 6) is 1.26. The molecule has 0 spiro atoms. The Kier molecular flexibility index (Phi) is 9.64. The first-order valence-electron chi connectivity index (χ1n) is 13.7. The second kappa shape index (κ2) is 13.0. The summed E-state index contributed by atoms with van der Waals surface area (Å²) >= 11 is 0. The van der Waals surface area contributed by atoms with E-state index in [0.29, 0.717) is 28.9 Å². The van der Waals surface area contributed by atoms with Crippen molar-refractivity contribution in [3.05, 3.63) is 51.6 Å². The molecule has 0 aromatic carbocycles. The summed E-state index contributed by atoms with van der Waals surface area (Å²) in [5.41, 5.74) is 2.48. The molecule has 0 amide bonds. The first kappa shape index (κ1) is 29.8. The van der Waals surface area contributed by atoms with Crippen molar-refractivity contribution in [2.24, 2.45) is 0 Å². The maximum Gasteiger partial charge on any atom is 0.263 e. The zero-order valence-electron chi connectivity index (χ0n) is 23.3. The van der Waals surface area contributed by atoms with E-state index < -0.39 is 9.84 Å². The number of aromatic nitrogens is 4. The van der Waals surface area contributed by atoms with E-state index in [0.717, 1.165) is 63.3 Å². The van der Waals surface area contributed by atoms with Crippen molar-refractivity contribution in [1.29, 1.82) is 0 Å². The normalized spacial score (nSPS) is 16.5. The Morgan fingerprint density at radius 2 is 1.82 bits per heavy atom. The third kappa shape index (κ3) is 7.10. The molecule has 2 fully saturated rings. The number of sulfone groups is 1. The molecule has 216 valence electrons. The predicted molar refractivity (Wildman–Crippen MR) is 155 cm³/mol. The second-order valence-electron chi connectivity index (χ2n) is 10.6. The lowest BCUT2D eigenvalue weighted by atomic mass is 9.91. The van der Waals surface area contributed by atoms with Gasteiger partial charge in [-0.15, -0.1) is 0 Å². The molecule has 0 radical (unpaired) electrons. The van der Waals surface area contributed by atoms with Crippen LogP contribution in [-0.4, -0.2) is 70.5 Å². The van der Waals surface area contributed by atoms with Crippen LogP contribution in [0.25, 0.3) is 11.0 Å². The second-order valence-corrected chi connectivity index (χ2v) is 12.8. The molecular weight excluding hydrogens is 532 g/mol. The number of anilines is 2. The lowest BCUT2D eigenvalue weighted by molar-refractivity contribution is 0.101. The van der Waals surface area contributed by atoms with Gasteiger partial charge in [0.1, 0.15) is 21.3 Å². The van der Waals surface area contributed by atoms with Gasteiger partial charge in [-0.2, -0.15) is 4.98 Å². The van der Waals surface area contributed by atoms with Crippen molar-refractivity contribution in [3.8, 4) is 0 Å². The van der Waals surface area contributed by atoms with Gasteiger partial charge in [-0.1, -0.05) is 18.9 Å². The Labute approximate surface area is 234 Å². The minimum atomic E-state index is -2.92. The van der Waals surface area contributed by atoms with Crippen molar-refractivity contribution < 1.29 is 18.3 Å². The zero-order valence-corrected chi connectivity index (χ0v) is 24.1. The number of aliphatic hydroxyl groups is 1. The maximum atomic E-state index is 13.3. The van der Waals surface area contributed by atoms with Gasteiger partial charge in [-0.05, 0) is 75.7 Å². The summed E-state index contributed by atoms with van der Waals surface area (Å²) in [6, 6.07) is 4.13. The highest BCUT2D eigenvalue weighted by Crippen LogP contribution is 2.32. The molecular formula is C28H38N6O5S. The monoisotopic (exact) mass is 570 g/mol. The number of piperidine rings is 1. The number of fused-ring (bicyclic) bond motifs is 1. The van der Waals surface area contributed by atoms with Gasteiger partial charge < -0.3 is 15.7 Å². The molecule has 4 heterocycles. The van der Waals surface area contributed by atoms with Gasteiger partial charge in [-0.25, -0.2) is 18.4 Å². The average molecular weight is 571 g/mol. The number of Topliss-reactive ketones (excluding diaryl/α,β-unsaturated/α-hetero) is 1. The first-order chi connectivity index (χ1) is 19.1. The van der Waals surface area contributed by atoms with Crippen molar-refractivity contribution in [1.82, 2.24) is 24.8 Å². The van der Waals surface area contributed by atoms with E-state index >= 15 is 0 Å². The van der Waals surface area contributed by atoms with Gasteiger partial charge in [0.05, 0.1) is 17.9 Å². The molecule has 5 rings (SSSR count). The third-order valence-corrected chi connectivity index (χ3v) is 8.47. The third-order valence-electron chi connectivity index (χ3n) is 7.55. The van der Waals surface area contributed by atoms with E-state index in [-0.39, 0.29) is 35.3 Å². The van der Waals surface area contributed by atoms with Gasteiger partial charge >= 0.3 is 0 Å². The van der Waals surface area contributed by atoms with Crippen LogP contribution in [0.4, 0.5) is 11.8 Å². The van der Waals surface area contributed by atoms with Crippen LogP contribution in [0.1, 0.15) is 78.9 Å². The van der Waals surface area contributed by atoms with Crippen molar-refractivity contribution in [3.63, 3.8) is 0 Å². The largest absolute Gasteiger partial charge is 0.395 e. The number of nitrogens with zero attached hydrogens (tertiary/aromatic N) is 4. The number of hydrogen-bond acceptors (Lipinski definition) is 10. The fourth-order valence-electron chi connectivity index (χ4n) is 5.47. The van der Waals surface area contributed by atoms with E-state index in [4.69, 9.17) is 10.1 Å². The van der Waals surface area contributed by atoms with Crippen LogP contribution >= 0.6 is 0 Å². The summed E-state index contributed by atoms with van der Waals surface area (Å²) in [5, 5.41) is 15.4. The number of carbonyl (C=O) groups is 1. The fraction of sp³-hybridized carbons (Fsp3) is 0.536.